The predicted octanol–water partition coefficient (Wildman–Crippen LogP) is 5.18. The highest BCUT2D eigenvalue weighted by molar-refractivity contribution is 6.02. The number of pyridine rings is 1. The van der Waals surface area contributed by atoms with E-state index in [0.717, 1.165) is 16.5 Å². The van der Waals surface area contributed by atoms with Gasteiger partial charge in [-0.25, -0.2) is 0 Å². The zero-order chi connectivity index (χ0) is 17.9. The number of benzene rings is 2. The van der Waals surface area contributed by atoms with Gasteiger partial charge in [0.1, 0.15) is 0 Å². The van der Waals surface area contributed by atoms with Gasteiger partial charge in [0.2, 0.25) is 5.91 Å². The molecule has 3 rings (SSSR count). The molecule has 1 amide bonds. The third-order valence-corrected chi connectivity index (χ3v) is 4.06. The number of nitrogens with one attached hydrogen (secondary N) is 1. The Bertz CT molecular complexity index is 919. The molecule has 0 radical (unpaired) electrons. The van der Waals surface area contributed by atoms with Crippen LogP contribution in [0.15, 0.2) is 66.9 Å². The molecule has 3 nitrogen and oxygen atoms in total. The second kappa shape index (κ2) is 6.89. The van der Waals surface area contributed by atoms with Gasteiger partial charge in [0.15, 0.2) is 0 Å². The highest BCUT2D eigenvalue weighted by Crippen LogP contribution is 2.22. The van der Waals surface area contributed by atoms with Crippen molar-refractivity contribution >= 4 is 28.6 Å². The van der Waals surface area contributed by atoms with Crippen molar-refractivity contribution in [3.05, 3.63) is 78.0 Å². The van der Waals surface area contributed by atoms with E-state index in [0.29, 0.717) is 5.69 Å². The van der Waals surface area contributed by atoms with Gasteiger partial charge in [0.05, 0.1) is 17.4 Å². The zero-order valence-corrected chi connectivity index (χ0v) is 14.8. The largest absolute Gasteiger partial charge is 0.321 e. The van der Waals surface area contributed by atoms with Gasteiger partial charge in [-0.15, -0.1) is 0 Å². The lowest BCUT2D eigenvalue weighted by atomic mass is 9.87. The SMILES string of the molecule is CC(C)(C)c1ccc(/C=C/C(=O)Nc2cnc3ccccc3c2)cc1. The molecule has 1 aromatic heterocycles. The molecule has 0 atom stereocenters. The van der Waals surface area contributed by atoms with Gasteiger partial charge in [-0.3, -0.25) is 9.78 Å². The van der Waals surface area contributed by atoms with Crippen molar-refractivity contribution in [1.29, 1.82) is 0 Å². The minimum atomic E-state index is -0.169. The quantitative estimate of drug-likeness (QED) is 0.672. The van der Waals surface area contributed by atoms with Gasteiger partial charge in [-0.2, -0.15) is 0 Å². The Kier molecular flexibility index (Phi) is 4.66. The molecular weight excluding hydrogens is 308 g/mol. The number of hydrogen-bond acceptors (Lipinski definition) is 2. The van der Waals surface area contributed by atoms with Crippen molar-refractivity contribution in [3.63, 3.8) is 0 Å². The number of hydrogen-bond donors (Lipinski definition) is 1. The molecule has 0 aliphatic carbocycles. The molecule has 1 N–H and O–H groups in total. The molecule has 0 spiro atoms. The summed E-state index contributed by atoms with van der Waals surface area (Å²) in [5, 5.41) is 3.85. The van der Waals surface area contributed by atoms with E-state index in [-0.39, 0.29) is 11.3 Å². The van der Waals surface area contributed by atoms with Crippen LogP contribution in [0, 0.1) is 0 Å². The molecule has 0 saturated carbocycles. The van der Waals surface area contributed by atoms with Crippen molar-refractivity contribution in [1.82, 2.24) is 4.98 Å². The first-order chi connectivity index (χ1) is 11.9. The number of rotatable bonds is 3. The van der Waals surface area contributed by atoms with Crippen molar-refractivity contribution in [3.8, 4) is 0 Å². The van der Waals surface area contributed by atoms with Gasteiger partial charge < -0.3 is 5.32 Å². The lowest BCUT2D eigenvalue weighted by Crippen LogP contribution is -2.10. The first-order valence-corrected chi connectivity index (χ1v) is 8.36. The fraction of sp³-hybridized carbons (Fsp3) is 0.182. The van der Waals surface area contributed by atoms with Crippen LogP contribution in [-0.2, 0) is 10.2 Å². The van der Waals surface area contributed by atoms with Crippen LogP contribution >= 0.6 is 0 Å². The van der Waals surface area contributed by atoms with Gasteiger partial charge >= 0.3 is 0 Å². The van der Waals surface area contributed by atoms with Gasteiger partial charge in [0, 0.05) is 11.5 Å². The summed E-state index contributed by atoms with van der Waals surface area (Å²) in [7, 11) is 0. The van der Waals surface area contributed by atoms with E-state index in [1.807, 2.05) is 48.5 Å². The lowest BCUT2D eigenvalue weighted by molar-refractivity contribution is -0.111. The van der Waals surface area contributed by atoms with Crippen LogP contribution < -0.4 is 5.32 Å². The standard InChI is InChI=1S/C22H22N2O/c1-22(2,3)18-11-8-16(9-12-18)10-13-21(25)24-19-14-17-6-4-5-7-20(17)23-15-19/h4-15H,1-3H3,(H,24,25)/b13-10+. The molecule has 2 aromatic carbocycles. The van der Waals surface area contributed by atoms with E-state index in [1.54, 1.807) is 12.3 Å². The van der Waals surface area contributed by atoms with Crippen molar-refractivity contribution in [2.75, 3.05) is 5.32 Å². The van der Waals surface area contributed by atoms with Crippen LogP contribution in [0.5, 0.6) is 0 Å². The maximum absolute atomic E-state index is 12.1. The van der Waals surface area contributed by atoms with Crippen LogP contribution in [-0.4, -0.2) is 10.9 Å². The maximum atomic E-state index is 12.1. The second-order valence-electron chi connectivity index (χ2n) is 7.11. The summed E-state index contributed by atoms with van der Waals surface area (Å²) < 4.78 is 0. The van der Waals surface area contributed by atoms with E-state index >= 15 is 0 Å². The number of nitrogens with zero attached hydrogens (tertiary/aromatic N) is 1. The Labute approximate surface area is 148 Å². The zero-order valence-electron chi connectivity index (χ0n) is 14.8. The van der Waals surface area contributed by atoms with E-state index in [2.05, 4.69) is 43.2 Å². The number of carbonyl (C=O) groups is 1. The average molecular weight is 330 g/mol. The molecule has 0 unspecified atom stereocenters. The lowest BCUT2D eigenvalue weighted by Gasteiger charge is -2.18. The Balaban J connectivity index is 1.67. The number of amides is 1. The predicted molar refractivity (Wildman–Crippen MR) is 105 cm³/mol. The van der Waals surface area contributed by atoms with Crippen molar-refractivity contribution in [2.24, 2.45) is 0 Å². The van der Waals surface area contributed by atoms with Gasteiger partial charge in [0.25, 0.3) is 0 Å². The summed E-state index contributed by atoms with van der Waals surface area (Å²) in [6.45, 7) is 6.55. The smallest absolute Gasteiger partial charge is 0.248 e. The number of anilines is 1. The van der Waals surface area contributed by atoms with Crippen molar-refractivity contribution in [2.45, 2.75) is 26.2 Å². The molecule has 25 heavy (non-hydrogen) atoms. The van der Waals surface area contributed by atoms with E-state index in [4.69, 9.17) is 0 Å². The van der Waals surface area contributed by atoms with Crippen LogP contribution in [0.4, 0.5) is 5.69 Å². The maximum Gasteiger partial charge on any atom is 0.248 e. The third kappa shape index (κ3) is 4.32. The fourth-order valence-corrected chi connectivity index (χ4v) is 2.59. The molecule has 0 bridgehead atoms. The molecule has 0 aliphatic rings. The minimum absolute atomic E-state index is 0.128. The summed E-state index contributed by atoms with van der Waals surface area (Å²) in [5.74, 6) is -0.169. The summed E-state index contributed by atoms with van der Waals surface area (Å²) in [5.41, 5.74) is 4.01. The Morgan fingerprint density at radius 2 is 1.76 bits per heavy atom. The van der Waals surface area contributed by atoms with Crippen LogP contribution in [0.25, 0.3) is 17.0 Å². The molecule has 0 saturated heterocycles. The van der Waals surface area contributed by atoms with Gasteiger partial charge in [-0.05, 0) is 34.8 Å². The Hall–Kier alpha value is -2.94. The highest BCUT2D eigenvalue weighted by Gasteiger charge is 2.12. The number of carbonyl (C=O) groups excluding carboxylic acids is 1. The third-order valence-electron chi connectivity index (χ3n) is 4.06. The normalized spacial score (nSPS) is 11.8. The highest BCUT2D eigenvalue weighted by atomic mass is 16.1. The van der Waals surface area contributed by atoms with E-state index in [1.165, 1.54) is 5.56 Å². The second-order valence-corrected chi connectivity index (χ2v) is 7.11. The van der Waals surface area contributed by atoms with Crippen LogP contribution in [0.1, 0.15) is 31.9 Å². The van der Waals surface area contributed by atoms with Crippen LogP contribution in [0.3, 0.4) is 0 Å². The monoisotopic (exact) mass is 330 g/mol. The molecule has 126 valence electrons. The molecule has 1 heterocycles. The van der Waals surface area contributed by atoms with Crippen molar-refractivity contribution < 1.29 is 4.79 Å². The number of aromatic nitrogens is 1. The molecular formula is C22H22N2O. The topological polar surface area (TPSA) is 42.0 Å². The number of fused-ring (bicyclic) bond motifs is 1. The van der Waals surface area contributed by atoms with E-state index in [9.17, 15) is 4.79 Å². The molecule has 0 aliphatic heterocycles. The Morgan fingerprint density at radius 1 is 1.04 bits per heavy atom. The van der Waals surface area contributed by atoms with Gasteiger partial charge in [-0.1, -0.05) is 63.2 Å². The molecule has 0 fully saturated rings. The first-order valence-electron chi connectivity index (χ1n) is 8.36. The minimum Gasteiger partial charge on any atom is -0.321 e. The number of para-hydroxylation sites is 1. The molecule has 3 aromatic rings. The Morgan fingerprint density at radius 3 is 2.48 bits per heavy atom. The summed E-state index contributed by atoms with van der Waals surface area (Å²) >= 11 is 0. The summed E-state index contributed by atoms with van der Waals surface area (Å²) in [6.07, 6.45) is 5.03. The van der Waals surface area contributed by atoms with E-state index < -0.39 is 0 Å². The van der Waals surface area contributed by atoms with Crippen LogP contribution in [0.2, 0.25) is 0 Å². The average Bonchev–Trinajstić information content (AvgIpc) is 2.59. The summed E-state index contributed by atoms with van der Waals surface area (Å²) in [4.78, 5) is 16.5. The fourth-order valence-electron chi connectivity index (χ4n) is 2.59. The molecule has 3 heteroatoms. The first kappa shape index (κ1) is 16.9. The summed E-state index contributed by atoms with van der Waals surface area (Å²) in [6, 6.07) is 18.0.